The Morgan fingerprint density at radius 3 is 2.96 bits per heavy atom. The molecule has 2 heterocycles. The Labute approximate surface area is 136 Å². The Hall–Kier alpha value is -2.47. The van der Waals surface area contributed by atoms with Gasteiger partial charge in [-0.25, -0.2) is 9.97 Å². The minimum atomic E-state index is 0.678. The van der Waals surface area contributed by atoms with E-state index in [4.69, 9.17) is 5.41 Å². The molecule has 1 fully saturated rings. The van der Waals surface area contributed by atoms with Crippen LogP contribution in [-0.2, 0) is 6.54 Å². The van der Waals surface area contributed by atoms with E-state index in [-0.39, 0.29) is 0 Å². The molecule has 6 nitrogen and oxygen atoms in total. The summed E-state index contributed by atoms with van der Waals surface area (Å²) >= 11 is 0. The van der Waals surface area contributed by atoms with Gasteiger partial charge in [0.2, 0.25) is 0 Å². The van der Waals surface area contributed by atoms with Gasteiger partial charge in [0.1, 0.15) is 11.6 Å². The molecule has 1 saturated heterocycles. The molecule has 1 aromatic heterocycles. The summed E-state index contributed by atoms with van der Waals surface area (Å²) < 4.78 is 0. The van der Waals surface area contributed by atoms with Gasteiger partial charge in [-0.15, -0.1) is 0 Å². The van der Waals surface area contributed by atoms with Crippen molar-refractivity contribution >= 4 is 17.7 Å². The molecule has 6 heteroatoms. The summed E-state index contributed by atoms with van der Waals surface area (Å²) in [6, 6.07) is 8.58. The van der Waals surface area contributed by atoms with Crippen molar-refractivity contribution in [2.24, 2.45) is 0 Å². The summed E-state index contributed by atoms with van der Waals surface area (Å²) in [4.78, 5) is 10.9. The maximum atomic E-state index is 7.45. The van der Waals surface area contributed by atoms with Crippen molar-refractivity contribution < 1.29 is 0 Å². The fraction of sp³-hybridized carbons (Fsp3) is 0.353. The van der Waals surface area contributed by atoms with Crippen LogP contribution in [0.25, 0.3) is 0 Å². The molecule has 1 aliphatic rings. The van der Waals surface area contributed by atoms with E-state index in [0.717, 1.165) is 26.2 Å². The van der Waals surface area contributed by atoms with Gasteiger partial charge < -0.3 is 20.9 Å². The van der Waals surface area contributed by atoms with Crippen molar-refractivity contribution in [2.75, 3.05) is 36.4 Å². The minimum absolute atomic E-state index is 0.678. The van der Waals surface area contributed by atoms with E-state index >= 15 is 0 Å². The molecule has 120 valence electrons. The molecule has 0 spiro atoms. The molecule has 1 aromatic carbocycles. The highest BCUT2D eigenvalue weighted by Gasteiger charge is 2.10. The first-order chi connectivity index (χ1) is 11.3. The maximum Gasteiger partial charge on any atom is 0.138 e. The molecule has 0 unspecified atom stereocenters. The molecule has 3 N–H and O–H groups in total. The summed E-state index contributed by atoms with van der Waals surface area (Å²) in [5, 5.41) is 14.1. The summed E-state index contributed by atoms with van der Waals surface area (Å²) in [5.41, 5.74) is 3.17. The topological polar surface area (TPSA) is 76.9 Å². The van der Waals surface area contributed by atoms with Crippen LogP contribution >= 0.6 is 0 Å². The number of nitrogens with one attached hydrogen (secondary N) is 3. The van der Waals surface area contributed by atoms with Crippen molar-refractivity contribution in [3.63, 3.8) is 0 Å². The zero-order chi connectivity index (χ0) is 16.1. The number of nitrogens with zero attached hydrogens (tertiary/aromatic N) is 3. The first kappa shape index (κ1) is 15.4. The largest absolute Gasteiger partial charge is 0.369 e. The fourth-order valence-corrected chi connectivity index (χ4v) is 2.70. The van der Waals surface area contributed by atoms with E-state index < -0.39 is 0 Å². The third-order valence-electron chi connectivity index (χ3n) is 3.95. The van der Waals surface area contributed by atoms with Crippen LogP contribution in [0.1, 0.15) is 17.0 Å². The number of rotatable bonds is 5. The normalized spacial score (nSPS) is 14.6. The molecule has 1 aliphatic heterocycles. The first-order valence-corrected chi connectivity index (χ1v) is 7.89. The quantitative estimate of drug-likeness (QED) is 0.734. The minimum Gasteiger partial charge on any atom is -0.369 e. The summed E-state index contributed by atoms with van der Waals surface area (Å²) in [6.07, 6.45) is 2.95. The van der Waals surface area contributed by atoms with E-state index in [2.05, 4.69) is 49.8 Å². The standard InChI is InChI=1S/C17H22N6/c1-13-20-12-15(10-18)17(22-13)21-11-14-3-2-4-16(9-14)23-7-5-19-6-8-23/h2-4,9-10,12,18-19H,5-8,11H2,1H3,(H,20,21,22). The van der Waals surface area contributed by atoms with Crippen LogP contribution in [0.5, 0.6) is 0 Å². The molecule has 0 bridgehead atoms. The summed E-state index contributed by atoms with van der Waals surface area (Å²) in [5.74, 6) is 1.41. The average Bonchev–Trinajstić information content (AvgIpc) is 2.61. The molecular weight excluding hydrogens is 288 g/mol. The monoisotopic (exact) mass is 310 g/mol. The highest BCUT2D eigenvalue weighted by Crippen LogP contribution is 2.18. The number of benzene rings is 1. The molecule has 0 saturated carbocycles. The van der Waals surface area contributed by atoms with Gasteiger partial charge in [0.25, 0.3) is 0 Å². The Kier molecular flexibility index (Phi) is 4.83. The van der Waals surface area contributed by atoms with Crippen LogP contribution in [0.4, 0.5) is 11.5 Å². The predicted molar refractivity (Wildman–Crippen MR) is 93.5 cm³/mol. The lowest BCUT2D eigenvalue weighted by molar-refractivity contribution is 0.589. The van der Waals surface area contributed by atoms with E-state index in [1.165, 1.54) is 17.5 Å². The lowest BCUT2D eigenvalue weighted by atomic mass is 10.1. The summed E-state index contributed by atoms with van der Waals surface area (Å²) in [6.45, 7) is 6.68. The highest BCUT2D eigenvalue weighted by atomic mass is 15.2. The second-order valence-electron chi connectivity index (χ2n) is 5.63. The van der Waals surface area contributed by atoms with E-state index in [9.17, 15) is 0 Å². The Morgan fingerprint density at radius 2 is 2.17 bits per heavy atom. The smallest absolute Gasteiger partial charge is 0.138 e. The van der Waals surface area contributed by atoms with Gasteiger partial charge in [0.15, 0.2) is 0 Å². The fourth-order valence-electron chi connectivity index (χ4n) is 2.70. The third-order valence-corrected chi connectivity index (χ3v) is 3.95. The van der Waals surface area contributed by atoms with Crippen LogP contribution in [0.3, 0.4) is 0 Å². The highest BCUT2D eigenvalue weighted by molar-refractivity contribution is 5.83. The van der Waals surface area contributed by atoms with Crippen molar-refractivity contribution in [1.82, 2.24) is 15.3 Å². The van der Waals surface area contributed by atoms with Gasteiger partial charge >= 0.3 is 0 Å². The number of anilines is 2. The Bertz CT molecular complexity index is 679. The molecule has 0 aliphatic carbocycles. The number of aryl methyl sites for hydroxylation is 1. The predicted octanol–water partition coefficient (Wildman–Crippen LogP) is 1.80. The van der Waals surface area contributed by atoms with Gasteiger partial charge in [0.05, 0.1) is 5.56 Å². The second kappa shape index (κ2) is 7.19. The van der Waals surface area contributed by atoms with Crippen molar-refractivity contribution in [1.29, 1.82) is 5.41 Å². The van der Waals surface area contributed by atoms with Crippen molar-refractivity contribution in [3.05, 3.63) is 47.4 Å². The Balaban J connectivity index is 1.71. The van der Waals surface area contributed by atoms with Gasteiger partial charge in [-0.1, -0.05) is 12.1 Å². The van der Waals surface area contributed by atoms with E-state index in [1.807, 2.05) is 6.92 Å². The van der Waals surface area contributed by atoms with Gasteiger partial charge in [-0.05, 0) is 24.6 Å². The van der Waals surface area contributed by atoms with Crippen LogP contribution in [-0.4, -0.2) is 42.4 Å². The molecule has 0 amide bonds. The number of hydrogen-bond acceptors (Lipinski definition) is 6. The molecule has 23 heavy (non-hydrogen) atoms. The SMILES string of the molecule is Cc1ncc(C=N)c(NCc2cccc(N3CCNCC3)c2)n1. The lowest BCUT2D eigenvalue weighted by Gasteiger charge is -2.29. The van der Waals surface area contributed by atoms with Crippen LogP contribution in [0.15, 0.2) is 30.5 Å². The molecule has 0 radical (unpaired) electrons. The van der Waals surface area contributed by atoms with Crippen molar-refractivity contribution in [3.8, 4) is 0 Å². The number of hydrogen-bond donors (Lipinski definition) is 3. The number of piperazine rings is 1. The van der Waals surface area contributed by atoms with Crippen LogP contribution in [0, 0.1) is 12.3 Å². The first-order valence-electron chi connectivity index (χ1n) is 7.89. The third kappa shape index (κ3) is 3.84. The number of aromatic nitrogens is 2. The molecule has 0 atom stereocenters. The lowest BCUT2D eigenvalue weighted by Crippen LogP contribution is -2.43. The summed E-state index contributed by atoms with van der Waals surface area (Å²) in [7, 11) is 0. The van der Waals surface area contributed by atoms with Gasteiger partial charge in [-0.3, -0.25) is 0 Å². The second-order valence-corrected chi connectivity index (χ2v) is 5.63. The van der Waals surface area contributed by atoms with E-state index in [0.29, 0.717) is 23.8 Å². The van der Waals surface area contributed by atoms with Crippen LogP contribution in [0.2, 0.25) is 0 Å². The molecule has 2 aromatic rings. The van der Waals surface area contributed by atoms with Crippen LogP contribution < -0.4 is 15.5 Å². The average molecular weight is 310 g/mol. The van der Waals surface area contributed by atoms with Crippen molar-refractivity contribution in [2.45, 2.75) is 13.5 Å². The van der Waals surface area contributed by atoms with E-state index in [1.54, 1.807) is 6.20 Å². The maximum absolute atomic E-state index is 7.45. The Morgan fingerprint density at radius 1 is 1.35 bits per heavy atom. The zero-order valence-electron chi connectivity index (χ0n) is 13.3. The zero-order valence-corrected chi connectivity index (χ0v) is 13.3. The molecular formula is C17H22N6. The van der Waals surface area contributed by atoms with Gasteiger partial charge in [0, 0.05) is 50.8 Å². The van der Waals surface area contributed by atoms with Gasteiger partial charge in [-0.2, -0.15) is 0 Å². The molecule has 3 rings (SSSR count).